The molecule has 6 heteroatoms. The van der Waals surface area contributed by atoms with Crippen molar-refractivity contribution in [3.8, 4) is 33.6 Å². The van der Waals surface area contributed by atoms with Gasteiger partial charge < -0.3 is 14.4 Å². The minimum atomic E-state index is -1.41. The molecule has 0 N–H and O–H groups in total. The predicted octanol–water partition coefficient (Wildman–Crippen LogP) is 11.5. The molecule has 3 nitrogen and oxygen atoms in total. The first-order valence-corrected chi connectivity index (χ1v) is 20.4. The SMILES string of the molecule is CC(C)Cc1cc(-c2[c-]cc(F)cc2)ncc1[Si](C)(C)C.Cc1cc(C)c(-c2ccnc(-c3[c-]ccc4c3oc3ccccc34)c2)c(C)c1.[Ir]. The molecule has 4 aromatic carbocycles. The summed E-state index contributed by atoms with van der Waals surface area (Å²) in [5.74, 6) is 0.340. The Labute approximate surface area is 310 Å². The summed E-state index contributed by atoms with van der Waals surface area (Å²) in [5, 5.41) is 3.63. The summed E-state index contributed by atoms with van der Waals surface area (Å²) in [6, 6.07) is 33.9. The molecule has 0 spiro atoms. The van der Waals surface area contributed by atoms with Gasteiger partial charge in [0.2, 0.25) is 0 Å². The largest absolute Gasteiger partial charge is 0.501 e. The maximum Gasteiger partial charge on any atom is 0.120 e. The van der Waals surface area contributed by atoms with Crippen molar-refractivity contribution < 1.29 is 28.9 Å². The van der Waals surface area contributed by atoms with Gasteiger partial charge in [-0.2, -0.15) is 0 Å². The van der Waals surface area contributed by atoms with Gasteiger partial charge >= 0.3 is 0 Å². The van der Waals surface area contributed by atoms with E-state index in [9.17, 15) is 4.39 Å². The molecule has 0 aliphatic heterocycles. The average Bonchev–Trinajstić information content (AvgIpc) is 3.43. The van der Waals surface area contributed by atoms with Crippen molar-refractivity contribution in [3.05, 3.63) is 138 Å². The monoisotopic (exact) mass is 855 g/mol. The summed E-state index contributed by atoms with van der Waals surface area (Å²) < 4.78 is 19.2. The first-order chi connectivity index (χ1) is 23.4. The van der Waals surface area contributed by atoms with Gasteiger partial charge in [-0.3, -0.25) is 4.39 Å². The van der Waals surface area contributed by atoms with Crippen LogP contribution in [0.3, 0.4) is 0 Å². The fraction of sp³-hybridized carbons (Fsp3) is 0.227. The number of hydrogen-bond acceptors (Lipinski definition) is 3. The molecule has 7 rings (SSSR count). The molecular weight excluding hydrogens is 812 g/mol. The average molecular weight is 855 g/mol. The molecular formula is C44H43FIrN2OSi-2. The second kappa shape index (κ2) is 15.3. The Kier molecular flexibility index (Phi) is 11.4. The summed E-state index contributed by atoms with van der Waals surface area (Å²) in [6.07, 6.45) is 4.95. The van der Waals surface area contributed by atoms with Crippen molar-refractivity contribution in [3.63, 3.8) is 0 Å². The van der Waals surface area contributed by atoms with Crippen LogP contribution in [-0.4, -0.2) is 18.0 Å². The third-order valence-corrected chi connectivity index (χ3v) is 10.9. The Balaban J connectivity index is 0.000000199. The number of aryl methyl sites for hydroxylation is 3. The van der Waals surface area contributed by atoms with E-state index in [2.05, 4.69) is 119 Å². The number of aromatic nitrogens is 2. The number of benzene rings is 4. The van der Waals surface area contributed by atoms with Gasteiger partial charge in [0.15, 0.2) is 0 Å². The summed E-state index contributed by atoms with van der Waals surface area (Å²) in [7, 11) is -1.41. The number of halogens is 1. The maximum atomic E-state index is 13.0. The van der Waals surface area contributed by atoms with Gasteiger partial charge in [0, 0.05) is 43.7 Å². The molecule has 0 unspecified atom stereocenters. The molecule has 0 aliphatic carbocycles. The third-order valence-electron chi connectivity index (χ3n) is 8.80. The number of nitrogens with zero attached hydrogens (tertiary/aromatic N) is 2. The van der Waals surface area contributed by atoms with Gasteiger partial charge in [0.1, 0.15) is 5.58 Å². The smallest absolute Gasteiger partial charge is 0.120 e. The molecule has 3 aromatic heterocycles. The van der Waals surface area contributed by atoms with Crippen molar-refractivity contribution in [1.82, 2.24) is 9.97 Å². The molecule has 1 radical (unpaired) electrons. The van der Waals surface area contributed by atoms with Crippen LogP contribution in [0.1, 0.15) is 36.1 Å². The molecule has 0 aliphatic rings. The number of para-hydroxylation sites is 1. The van der Waals surface area contributed by atoms with Gasteiger partial charge in [-0.1, -0.05) is 98.0 Å². The zero-order valence-corrected chi connectivity index (χ0v) is 33.4. The van der Waals surface area contributed by atoms with Crippen LogP contribution < -0.4 is 5.19 Å². The van der Waals surface area contributed by atoms with Crippen molar-refractivity contribution in [1.29, 1.82) is 0 Å². The molecule has 0 bridgehead atoms. The van der Waals surface area contributed by atoms with Crippen LogP contribution in [0.15, 0.2) is 102 Å². The topological polar surface area (TPSA) is 38.9 Å². The first kappa shape index (κ1) is 37.0. The number of rotatable bonds is 6. The molecule has 0 saturated carbocycles. The van der Waals surface area contributed by atoms with Crippen LogP contribution in [-0.2, 0) is 26.5 Å². The van der Waals surface area contributed by atoms with Crippen LogP contribution in [0.2, 0.25) is 19.6 Å². The molecule has 0 fully saturated rings. The second-order valence-corrected chi connectivity index (χ2v) is 19.4. The van der Waals surface area contributed by atoms with Crippen LogP contribution in [0.5, 0.6) is 0 Å². The molecule has 0 saturated heterocycles. The standard InChI is InChI=1S/C26H20NO.C18H23FNSi.Ir/c1-16-13-17(2)25(18(3)14-16)19-11-12-27-23(15-19)22-9-6-8-21-20-7-4-5-10-24(20)28-26(21)22;1-13(2)10-15-11-17(14-6-8-16(19)9-7-14)20-12-18(15)21(3,4)5;/h4-8,10-15H,1-3H3;6,8-9,11-13H,10H2,1-5H3;/q2*-1;. The Hall–Kier alpha value is -4.22. The minimum Gasteiger partial charge on any atom is -0.501 e. The van der Waals surface area contributed by atoms with Gasteiger partial charge in [-0.15, -0.1) is 48.0 Å². The van der Waals surface area contributed by atoms with Crippen LogP contribution in [0.25, 0.3) is 55.6 Å². The summed E-state index contributed by atoms with van der Waals surface area (Å²) in [6.45, 7) is 18.0. The maximum absolute atomic E-state index is 13.0. The van der Waals surface area contributed by atoms with Crippen LogP contribution in [0, 0.1) is 44.6 Å². The van der Waals surface area contributed by atoms with Crippen molar-refractivity contribution in [2.24, 2.45) is 5.92 Å². The summed E-state index contributed by atoms with van der Waals surface area (Å²) in [4.78, 5) is 9.24. The van der Waals surface area contributed by atoms with Crippen molar-refractivity contribution in [2.75, 3.05) is 0 Å². The van der Waals surface area contributed by atoms with Crippen LogP contribution >= 0.6 is 0 Å². The van der Waals surface area contributed by atoms with E-state index < -0.39 is 8.07 Å². The van der Waals surface area contributed by atoms with Gasteiger partial charge in [-0.05, 0) is 84.1 Å². The number of fused-ring (bicyclic) bond motifs is 3. The van der Waals surface area contributed by atoms with E-state index in [0.29, 0.717) is 5.92 Å². The van der Waals surface area contributed by atoms with Crippen molar-refractivity contribution >= 4 is 35.2 Å². The van der Waals surface area contributed by atoms with E-state index in [1.165, 1.54) is 50.7 Å². The molecule has 0 atom stereocenters. The van der Waals surface area contributed by atoms with Crippen molar-refractivity contribution in [2.45, 2.75) is 60.7 Å². The van der Waals surface area contributed by atoms with Gasteiger partial charge in [0.05, 0.1) is 13.7 Å². The van der Waals surface area contributed by atoms with E-state index >= 15 is 0 Å². The van der Waals surface area contributed by atoms with Gasteiger partial charge in [-0.25, -0.2) is 0 Å². The molecule has 50 heavy (non-hydrogen) atoms. The quantitative estimate of drug-likeness (QED) is 0.124. The number of hydrogen-bond donors (Lipinski definition) is 0. The Morgan fingerprint density at radius 1 is 0.820 bits per heavy atom. The Morgan fingerprint density at radius 3 is 2.24 bits per heavy atom. The summed E-state index contributed by atoms with van der Waals surface area (Å²) in [5.41, 5.74) is 12.9. The zero-order chi connectivity index (χ0) is 34.9. The molecule has 3 heterocycles. The van der Waals surface area contributed by atoms with E-state index in [0.717, 1.165) is 50.9 Å². The summed E-state index contributed by atoms with van der Waals surface area (Å²) >= 11 is 0. The second-order valence-electron chi connectivity index (χ2n) is 14.4. The molecule has 0 amide bonds. The first-order valence-electron chi connectivity index (χ1n) is 16.9. The molecule has 257 valence electrons. The van der Waals surface area contributed by atoms with E-state index in [1.807, 2.05) is 36.7 Å². The van der Waals surface area contributed by atoms with E-state index in [1.54, 1.807) is 6.07 Å². The number of furan rings is 1. The fourth-order valence-electron chi connectivity index (χ4n) is 6.73. The zero-order valence-electron chi connectivity index (χ0n) is 30.0. The minimum absolute atomic E-state index is 0. The van der Waals surface area contributed by atoms with Crippen LogP contribution in [0.4, 0.5) is 4.39 Å². The third kappa shape index (κ3) is 8.05. The fourth-order valence-corrected chi connectivity index (χ4v) is 8.32. The Morgan fingerprint density at radius 2 is 1.56 bits per heavy atom. The van der Waals surface area contributed by atoms with Gasteiger partial charge in [0.25, 0.3) is 0 Å². The number of pyridine rings is 2. The van der Waals surface area contributed by atoms with E-state index in [4.69, 9.17) is 4.42 Å². The predicted molar refractivity (Wildman–Crippen MR) is 205 cm³/mol. The Bertz CT molecular complexity index is 2250. The molecule has 7 aromatic rings. The normalized spacial score (nSPS) is 11.4. The van der Waals surface area contributed by atoms with E-state index in [-0.39, 0.29) is 25.9 Å².